The van der Waals surface area contributed by atoms with E-state index in [0.29, 0.717) is 0 Å². The molecule has 1 saturated carbocycles. The van der Waals surface area contributed by atoms with Crippen LogP contribution in [-0.4, -0.2) is 73.4 Å². The first-order valence-electron chi connectivity index (χ1n) is 21.2. The second-order valence-corrected chi connectivity index (χ2v) is 15.5. The Kier molecular flexibility index (Phi) is 17.5. The van der Waals surface area contributed by atoms with Crippen LogP contribution in [0.4, 0.5) is 0 Å². The summed E-state index contributed by atoms with van der Waals surface area (Å²) < 4.78 is 45.9. The molecule has 0 aromatic heterocycles. The van der Waals surface area contributed by atoms with E-state index in [-0.39, 0.29) is 46.1 Å². The van der Waals surface area contributed by atoms with E-state index in [1.165, 1.54) is 0 Å². The quantitative estimate of drug-likeness (QED) is 0.0368. The van der Waals surface area contributed by atoms with Crippen molar-refractivity contribution in [1.29, 1.82) is 0 Å². The molecular formula is C48H49N9O8. The van der Waals surface area contributed by atoms with Crippen LogP contribution in [0.1, 0.15) is 34.2 Å². The second-order valence-electron chi connectivity index (χ2n) is 15.5. The normalized spacial score (nSPS) is 25.0. The first-order chi connectivity index (χ1) is 32.0. The number of rotatable bonds is 22. The lowest BCUT2D eigenvalue weighted by Crippen LogP contribution is -2.64. The molecular weight excluding hydrogens is 831 g/mol. The van der Waals surface area contributed by atoms with Gasteiger partial charge in [0.1, 0.15) is 37.1 Å². The van der Waals surface area contributed by atoms with Gasteiger partial charge in [-0.25, -0.2) is 0 Å². The minimum atomic E-state index is -1.51. The highest BCUT2D eigenvalue weighted by molar-refractivity contribution is 5.85. The number of hydrogen-bond acceptors (Lipinski definition) is 11. The van der Waals surface area contributed by atoms with Crippen LogP contribution in [0.25, 0.3) is 31.3 Å². The zero-order valence-corrected chi connectivity index (χ0v) is 35.4. The summed E-state index contributed by atoms with van der Waals surface area (Å²) in [6.45, 7) is 0.0588. The molecule has 1 saturated heterocycles. The molecule has 0 radical (unpaired) electrons. The Bertz CT molecular complexity index is 2370. The summed E-state index contributed by atoms with van der Waals surface area (Å²) in [4.78, 5) is 24.0. The zero-order chi connectivity index (χ0) is 45.1. The number of benzene rings is 5. The summed E-state index contributed by atoms with van der Waals surface area (Å²) >= 11 is 0. The van der Waals surface area contributed by atoms with Crippen molar-refractivity contribution >= 4 is 5.78 Å². The Morgan fingerprint density at radius 2 is 0.877 bits per heavy atom. The lowest BCUT2D eigenvalue weighted by Gasteiger charge is -2.48. The van der Waals surface area contributed by atoms with Gasteiger partial charge in [-0.05, 0) is 50.8 Å². The molecule has 0 bridgehead atoms. The van der Waals surface area contributed by atoms with Crippen LogP contribution in [0, 0.1) is 0 Å². The number of nitrogens with zero attached hydrogens (tertiary/aromatic N) is 9. The molecule has 5 aromatic rings. The van der Waals surface area contributed by atoms with Gasteiger partial charge in [0.15, 0.2) is 12.1 Å². The molecule has 1 aliphatic carbocycles. The van der Waals surface area contributed by atoms with Gasteiger partial charge in [-0.2, -0.15) is 0 Å². The molecule has 7 rings (SSSR count). The number of ether oxygens (including phenoxy) is 7. The Morgan fingerprint density at radius 1 is 0.492 bits per heavy atom. The molecule has 2 fully saturated rings. The Labute approximate surface area is 376 Å². The van der Waals surface area contributed by atoms with E-state index in [1.807, 2.05) is 152 Å². The number of Topliss-reactive ketones (excluding diaryl/α,β-unsaturated/α-hetero) is 1. The van der Waals surface area contributed by atoms with Crippen molar-refractivity contribution in [3.8, 4) is 0 Å². The standard InChI is InChI=1S/C48H49N9O8/c49-55-52-38-26-39(53-56-50)43(46(62-30-36-22-12-4-13-23-36)42(38)60-28-34-18-8-2-9-19-34)64-48-41(54-57-51)45(61-29-35-20-10-3-11-21-35)47(63-31-37-24-14-5-15-25-37)44(65-48)40(58)32-59-27-33-16-6-1-7-17-33/h1-25,38-39,41-48H,26-32H2/t38?,39?,41?,42?,43-,44?,45?,46?,47-,48+/m1/s1. The fourth-order valence-corrected chi connectivity index (χ4v) is 7.96. The monoisotopic (exact) mass is 879 g/mol. The summed E-state index contributed by atoms with van der Waals surface area (Å²) in [6.07, 6.45) is -8.36. The van der Waals surface area contributed by atoms with Crippen molar-refractivity contribution < 1.29 is 38.0 Å². The molecule has 5 aromatic carbocycles. The van der Waals surface area contributed by atoms with Crippen molar-refractivity contribution in [2.75, 3.05) is 6.61 Å². The average Bonchev–Trinajstić information content (AvgIpc) is 3.35. The van der Waals surface area contributed by atoms with Gasteiger partial charge in [0, 0.05) is 14.7 Å². The second kappa shape index (κ2) is 24.5. The van der Waals surface area contributed by atoms with Gasteiger partial charge >= 0.3 is 0 Å². The van der Waals surface area contributed by atoms with Crippen molar-refractivity contribution in [2.24, 2.45) is 15.3 Å². The third-order valence-corrected chi connectivity index (χ3v) is 11.1. The van der Waals surface area contributed by atoms with E-state index in [2.05, 4.69) is 30.1 Å². The van der Waals surface area contributed by atoms with Gasteiger partial charge in [0.05, 0.1) is 57.3 Å². The highest BCUT2D eigenvalue weighted by atomic mass is 16.7. The number of hydrogen-bond donors (Lipinski definition) is 0. The van der Waals surface area contributed by atoms with Gasteiger partial charge in [-0.3, -0.25) is 4.79 Å². The van der Waals surface area contributed by atoms with Gasteiger partial charge < -0.3 is 33.2 Å². The number of ketones is 1. The van der Waals surface area contributed by atoms with E-state index in [1.54, 1.807) is 0 Å². The van der Waals surface area contributed by atoms with Gasteiger partial charge in [0.2, 0.25) is 0 Å². The van der Waals surface area contributed by atoms with Gasteiger partial charge in [-0.1, -0.05) is 167 Å². The average molecular weight is 880 g/mol. The zero-order valence-electron chi connectivity index (χ0n) is 35.4. The summed E-state index contributed by atoms with van der Waals surface area (Å²) in [5, 5.41) is 12.4. The first-order valence-corrected chi connectivity index (χ1v) is 21.2. The first kappa shape index (κ1) is 46.4. The molecule has 1 heterocycles. The van der Waals surface area contributed by atoms with Crippen LogP contribution in [0.3, 0.4) is 0 Å². The van der Waals surface area contributed by atoms with Crippen molar-refractivity contribution in [2.45, 2.75) is 100 Å². The van der Waals surface area contributed by atoms with Gasteiger partial charge in [-0.15, -0.1) is 0 Å². The van der Waals surface area contributed by atoms with Crippen LogP contribution in [0.5, 0.6) is 0 Å². The lowest BCUT2D eigenvalue weighted by molar-refractivity contribution is -0.301. The van der Waals surface area contributed by atoms with Crippen LogP contribution < -0.4 is 0 Å². The Balaban J connectivity index is 1.27. The van der Waals surface area contributed by atoms with Crippen LogP contribution in [0.2, 0.25) is 0 Å². The molecule has 17 heteroatoms. The lowest BCUT2D eigenvalue weighted by atomic mass is 9.83. The van der Waals surface area contributed by atoms with Crippen LogP contribution in [-0.2, 0) is 71.0 Å². The Hall–Kier alpha value is -6.58. The predicted molar refractivity (Wildman–Crippen MR) is 238 cm³/mol. The molecule has 7 unspecified atom stereocenters. The smallest absolute Gasteiger partial charge is 0.190 e. The molecule has 65 heavy (non-hydrogen) atoms. The minimum Gasteiger partial charge on any atom is -0.370 e. The summed E-state index contributed by atoms with van der Waals surface area (Å²) in [6, 6.07) is 43.9. The van der Waals surface area contributed by atoms with E-state index >= 15 is 0 Å². The van der Waals surface area contributed by atoms with Crippen LogP contribution >= 0.6 is 0 Å². The topological polar surface area (TPSA) is 228 Å². The van der Waals surface area contributed by atoms with E-state index < -0.39 is 66.8 Å². The van der Waals surface area contributed by atoms with Crippen molar-refractivity contribution in [1.82, 2.24) is 0 Å². The summed E-state index contributed by atoms with van der Waals surface area (Å²) in [5.74, 6) is -0.486. The van der Waals surface area contributed by atoms with Crippen LogP contribution in [0.15, 0.2) is 167 Å². The number of carbonyl (C=O) groups is 1. The third kappa shape index (κ3) is 13.0. The molecule has 2 aliphatic rings. The maximum Gasteiger partial charge on any atom is 0.190 e. The molecule has 0 amide bonds. The van der Waals surface area contributed by atoms with E-state index in [0.717, 1.165) is 27.8 Å². The van der Waals surface area contributed by atoms with Gasteiger partial charge in [0.25, 0.3) is 0 Å². The fraction of sp³-hybridized carbons (Fsp3) is 0.354. The minimum absolute atomic E-state index is 0.00518. The highest BCUT2D eigenvalue weighted by Gasteiger charge is 2.54. The molecule has 1 aliphatic heterocycles. The van der Waals surface area contributed by atoms with Crippen molar-refractivity contribution in [3.05, 3.63) is 211 Å². The van der Waals surface area contributed by atoms with E-state index in [9.17, 15) is 21.4 Å². The van der Waals surface area contributed by atoms with E-state index in [4.69, 9.17) is 33.2 Å². The SMILES string of the molecule is [N-]=[N+]=NC1CC(N=[N+]=[N-])[C@@H](O[C@H]2OC(C(=O)COCc3ccccc3)[C@@H](OCc3ccccc3)C(OCc3ccccc3)C2N=[N+]=[N-])C(OCc2ccccc2)C1OCc1ccccc1. The molecule has 0 spiro atoms. The van der Waals surface area contributed by atoms with Crippen molar-refractivity contribution in [3.63, 3.8) is 0 Å². The molecule has 17 nitrogen and oxygen atoms in total. The third-order valence-electron chi connectivity index (χ3n) is 11.1. The number of carbonyl (C=O) groups excluding carboxylic acids is 1. The Morgan fingerprint density at radius 3 is 1.32 bits per heavy atom. The maximum absolute atomic E-state index is 14.5. The molecule has 10 atom stereocenters. The fourth-order valence-electron chi connectivity index (χ4n) is 7.96. The largest absolute Gasteiger partial charge is 0.370 e. The maximum atomic E-state index is 14.5. The highest BCUT2D eigenvalue weighted by Crippen LogP contribution is 2.38. The molecule has 0 N–H and O–H groups in total. The predicted octanol–water partition coefficient (Wildman–Crippen LogP) is 9.66. The summed E-state index contributed by atoms with van der Waals surface area (Å²) in [7, 11) is 0. The molecule has 334 valence electrons. The number of azide groups is 3. The summed E-state index contributed by atoms with van der Waals surface area (Å²) in [5.41, 5.74) is 34.0.